The molecule has 1 atom stereocenters. The van der Waals surface area contributed by atoms with Crippen molar-refractivity contribution in [1.29, 1.82) is 0 Å². The highest BCUT2D eigenvalue weighted by molar-refractivity contribution is 5.92. The van der Waals surface area contributed by atoms with Gasteiger partial charge in [0.05, 0.1) is 0 Å². The number of aromatic nitrogens is 3. The highest BCUT2D eigenvalue weighted by Crippen LogP contribution is 2.11. The molecule has 0 amide bonds. The van der Waals surface area contributed by atoms with Gasteiger partial charge in [-0.05, 0) is 5.92 Å². The Bertz CT molecular complexity index is 256. The Kier molecular flexibility index (Phi) is 3.61. The van der Waals surface area contributed by atoms with E-state index >= 15 is 0 Å². The maximum atomic E-state index is 11.5. The minimum absolute atomic E-state index is 0.0541. The average Bonchev–Trinajstić information content (AvgIpc) is 2.55. The van der Waals surface area contributed by atoms with Crippen LogP contribution in [0, 0.1) is 5.92 Å². The minimum atomic E-state index is 0.0541. The number of nitrogens with zero attached hydrogens (tertiary/aromatic N) is 2. The van der Waals surface area contributed by atoms with Crippen molar-refractivity contribution in [3.63, 3.8) is 0 Å². The van der Waals surface area contributed by atoms with E-state index < -0.39 is 0 Å². The third-order valence-corrected chi connectivity index (χ3v) is 1.99. The summed E-state index contributed by atoms with van der Waals surface area (Å²) >= 11 is 0. The second-order valence-corrected chi connectivity index (χ2v) is 3.36. The molecule has 0 aromatic carbocycles. The van der Waals surface area contributed by atoms with Gasteiger partial charge in [0.2, 0.25) is 0 Å². The van der Waals surface area contributed by atoms with E-state index in [0.717, 1.165) is 12.8 Å². The van der Waals surface area contributed by atoms with Crippen LogP contribution in [0.3, 0.4) is 0 Å². The fourth-order valence-electron chi connectivity index (χ4n) is 1.35. The molecule has 0 fully saturated rings. The van der Waals surface area contributed by atoms with Crippen LogP contribution in [0.5, 0.6) is 0 Å². The van der Waals surface area contributed by atoms with Gasteiger partial charge in [-0.25, -0.2) is 4.98 Å². The summed E-state index contributed by atoms with van der Waals surface area (Å²) in [5.74, 6) is 0.865. The number of rotatable bonds is 5. The van der Waals surface area contributed by atoms with Crippen molar-refractivity contribution in [3.05, 3.63) is 12.2 Å². The molecule has 13 heavy (non-hydrogen) atoms. The van der Waals surface area contributed by atoms with Crippen LogP contribution >= 0.6 is 0 Å². The quantitative estimate of drug-likeness (QED) is 0.705. The monoisotopic (exact) mass is 181 g/mol. The molecule has 1 unspecified atom stereocenters. The molecule has 0 spiro atoms. The van der Waals surface area contributed by atoms with Crippen LogP contribution in [-0.4, -0.2) is 21.0 Å². The average molecular weight is 181 g/mol. The standard InChI is InChI=1S/C9H15N3O/c1-3-4-7(2)5-8(13)9-10-6-11-12-9/h6-7H,3-5H2,1-2H3,(H,10,11,12). The summed E-state index contributed by atoms with van der Waals surface area (Å²) < 4.78 is 0. The number of Topliss-reactive ketones (excluding diaryl/α,β-unsaturated/α-hetero) is 1. The molecule has 0 bridgehead atoms. The van der Waals surface area contributed by atoms with Crippen molar-refractivity contribution in [2.75, 3.05) is 0 Å². The molecule has 0 saturated heterocycles. The zero-order valence-electron chi connectivity index (χ0n) is 8.08. The first-order valence-electron chi connectivity index (χ1n) is 4.62. The fourth-order valence-corrected chi connectivity index (χ4v) is 1.35. The van der Waals surface area contributed by atoms with Gasteiger partial charge in [-0.1, -0.05) is 26.7 Å². The third-order valence-electron chi connectivity index (χ3n) is 1.99. The van der Waals surface area contributed by atoms with E-state index in [2.05, 4.69) is 29.0 Å². The Morgan fingerprint density at radius 1 is 1.69 bits per heavy atom. The van der Waals surface area contributed by atoms with Crippen molar-refractivity contribution in [3.8, 4) is 0 Å². The molecular formula is C9H15N3O. The lowest BCUT2D eigenvalue weighted by Crippen LogP contribution is -2.07. The van der Waals surface area contributed by atoms with Crippen LogP contribution in [0.4, 0.5) is 0 Å². The van der Waals surface area contributed by atoms with Crippen molar-refractivity contribution in [2.45, 2.75) is 33.1 Å². The number of H-pyrrole nitrogens is 1. The number of carbonyl (C=O) groups excluding carboxylic acids is 1. The van der Waals surface area contributed by atoms with Crippen LogP contribution < -0.4 is 0 Å². The lowest BCUT2D eigenvalue weighted by atomic mass is 9.99. The predicted molar refractivity (Wildman–Crippen MR) is 49.4 cm³/mol. The normalized spacial score (nSPS) is 12.8. The van der Waals surface area contributed by atoms with E-state index in [4.69, 9.17) is 0 Å². The van der Waals surface area contributed by atoms with Crippen LogP contribution in [0.15, 0.2) is 6.33 Å². The molecule has 0 saturated carbocycles. The first kappa shape index (κ1) is 9.89. The molecule has 0 radical (unpaired) electrons. The maximum absolute atomic E-state index is 11.5. The SMILES string of the molecule is CCCC(C)CC(=O)c1ncn[nH]1. The zero-order chi connectivity index (χ0) is 9.68. The Hall–Kier alpha value is -1.19. The maximum Gasteiger partial charge on any atom is 0.199 e. The minimum Gasteiger partial charge on any atom is -0.291 e. The Morgan fingerprint density at radius 3 is 3.00 bits per heavy atom. The second kappa shape index (κ2) is 4.74. The smallest absolute Gasteiger partial charge is 0.199 e. The van der Waals surface area contributed by atoms with Crippen LogP contribution in [0.25, 0.3) is 0 Å². The summed E-state index contributed by atoms with van der Waals surface area (Å²) in [6, 6.07) is 0. The molecule has 4 nitrogen and oxygen atoms in total. The first-order valence-corrected chi connectivity index (χ1v) is 4.62. The van der Waals surface area contributed by atoms with Crippen molar-refractivity contribution < 1.29 is 4.79 Å². The summed E-state index contributed by atoms with van der Waals surface area (Å²) in [6.45, 7) is 4.20. The van der Waals surface area contributed by atoms with Gasteiger partial charge in [0.1, 0.15) is 6.33 Å². The van der Waals surface area contributed by atoms with E-state index in [1.807, 2.05) is 0 Å². The van der Waals surface area contributed by atoms with Gasteiger partial charge < -0.3 is 0 Å². The number of ketones is 1. The number of hydrogen-bond acceptors (Lipinski definition) is 3. The number of aromatic amines is 1. The van der Waals surface area contributed by atoms with E-state index in [1.54, 1.807) is 0 Å². The van der Waals surface area contributed by atoms with Gasteiger partial charge in [-0.2, -0.15) is 5.10 Å². The van der Waals surface area contributed by atoms with Gasteiger partial charge in [0.25, 0.3) is 0 Å². The highest BCUT2D eigenvalue weighted by atomic mass is 16.1. The molecule has 0 aliphatic carbocycles. The number of nitrogens with one attached hydrogen (secondary N) is 1. The van der Waals surface area contributed by atoms with Gasteiger partial charge >= 0.3 is 0 Å². The molecule has 1 N–H and O–H groups in total. The Morgan fingerprint density at radius 2 is 2.46 bits per heavy atom. The van der Waals surface area contributed by atoms with Gasteiger partial charge in [0, 0.05) is 6.42 Å². The van der Waals surface area contributed by atoms with Crippen molar-refractivity contribution in [2.24, 2.45) is 5.92 Å². The molecule has 1 aromatic rings. The highest BCUT2D eigenvalue weighted by Gasteiger charge is 2.12. The second-order valence-electron chi connectivity index (χ2n) is 3.36. The van der Waals surface area contributed by atoms with Gasteiger partial charge in [-0.3, -0.25) is 9.89 Å². The summed E-state index contributed by atoms with van der Waals surface area (Å²) in [5, 5.41) is 6.21. The van der Waals surface area contributed by atoms with Crippen LogP contribution in [0.2, 0.25) is 0 Å². The first-order chi connectivity index (χ1) is 6.24. The largest absolute Gasteiger partial charge is 0.291 e. The zero-order valence-corrected chi connectivity index (χ0v) is 8.08. The summed E-state index contributed by atoms with van der Waals surface area (Å²) in [6.07, 6.45) is 4.12. The molecule has 72 valence electrons. The summed E-state index contributed by atoms with van der Waals surface area (Å²) in [4.78, 5) is 15.3. The molecule has 1 heterocycles. The third kappa shape index (κ3) is 2.97. The summed E-state index contributed by atoms with van der Waals surface area (Å²) in [7, 11) is 0. The molecule has 1 rings (SSSR count). The van der Waals surface area contributed by atoms with Crippen LogP contribution in [0.1, 0.15) is 43.7 Å². The van der Waals surface area contributed by atoms with Crippen LogP contribution in [-0.2, 0) is 0 Å². The fraction of sp³-hybridized carbons (Fsp3) is 0.667. The lowest BCUT2D eigenvalue weighted by Gasteiger charge is -2.06. The molecular weight excluding hydrogens is 166 g/mol. The topological polar surface area (TPSA) is 58.6 Å². The number of carbonyl (C=O) groups is 1. The molecule has 1 aromatic heterocycles. The van der Waals surface area contributed by atoms with Gasteiger partial charge in [0.15, 0.2) is 11.6 Å². The van der Waals surface area contributed by atoms with E-state index in [-0.39, 0.29) is 5.78 Å². The predicted octanol–water partition coefficient (Wildman–Crippen LogP) is 1.81. The van der Waals surface area contributed by atoms with Gasteiger partial charge in [-0.15, -0.1) is 0 Å². The Labute approximate surface area is 77.8 Å². The van der Waals surface area contributed by atoms with E-state index in [9.17, 15) is 4.79 Å². The number of hydrogen-bond donors (Lipinski definition) is 1. The van der Waals surface area contributed by atoms with Crippen molar-refractivity contribution in [1.82, 2.24) is 15.2 Å². The van der Waals surface area contributed by atoms with E-state index in [0.29, 0.717) is 18.2 Å². The molecule has 4 heteroatoms. The Balaban J connectivity index is 2.42. The lowest BCUT2D eigenvalue weighted by molar-refractivity contribution is 0.0953. The van der Waals surface area contributed by atoms with Crippen molar-refractivity contribution >= 4 is 5.78 Å². The molecule has 0 aliphatic rings. The molecule has 0 aliphatic heterocycles. The van der Waals surface area contributed by atoms with E-state index in [1.165, 1.54) is 6.33 Å². The summed E-state index contributed by atoms with van der Waals surface area (Å²) in [5.41, 5.74) is 0.